The molecule has 0 aromatic heterocycles. The van der Waals surface area contributed by atoms with Crippen LogP contribution >= 0.6 is 11.6 Å². The van der Waals surface area contributed by atoms with Crippen LogP contribution in [0.2, 0.25) is 5.02 Å². The van der Waals surface area contributed by atoms with Crippen LogP contribution < -0.4 is 0 Å². The van der Waals surface area contributed by atoms with E-state index in [-0.39, 0.29) is 37.0 Å². The first-order valence-electron chi connectivity index (χ1n) is 8.35. The van der Waals surface area contributed by atoms with Crippen LogP contribution in [-0.2, 0) is 14.8 Å². The summed E-state index contributed by atoms with van der Waals surface area (Å²) in [7, 11) is -3.91. The van der Waals surface area contributed by atoms with Gasteiger partial charge in [-0.2, -0.15) is 4.31 Å². The minimum Gasteiger partial charge on any atom is -0.337 e. The Bertz CT molecular complexity index is 953. The molecule has 8 heteroatoms. The van der Waals surface area contributed by atoms with Gasteiger partial charge in [0, 0.05) is 37.3 Å². The van der Waals surface area contributed by atoms with Gasteiger partial charge in [0.2, 0.25) is 15.9 Å². The van der Waals surface area contributed by atoms with Gasteiger partial charge in [0.15, 0.2) is 0 Å². The summed E-state index contributed by atoms with van der Waals surface area (Å²) in [5, 5.41) is 0.616. The molecule has 1 heterocycles. The van der Waals surface area contributed by atoms with Gasteiger partial charge in [-0.1, -0.05) is 35.9 Å². The first-order valence-corrected chi connectivity index (χ1v) is 10.2. The van der Waals surface area contributed by atoms with Crippen LogP contribution in [0.5, 0.6) is 0 Å². The van der Waals surface area contributed by atoms with E-state index < -0.39 is 15.8 Å². The van der Waals surface area contributed by atoms with Gasteiger partial charge in [-0.3, -0.25) is 4.79 Å². The average molecular weight is 409 g/mol. The number of benzene rings is 2. The van der Waals surface area contributed by atoms with Gasteiger partial charge < -0.3 is 4.90 Å². The zero-order chi connectivity index (χ0) is 19.4. The highest BCUT2D eigenvalue weighted by Crippen LogP contribution is 2.20. The Morgan fingerprint density at radius 1 is 1.00 bits per heavy atom. The second kappa shape index (κ2) is 8.21. The number of sulfonamides is 1. The monoisotopic (exact) mass is 408 g/mol. The van der Waals surface area contributed by atoms with Crippen molar-refractivity contribution in [1.82, 2.24) is 9.21 Å². The Morgan fingerprint density at radius 2 is 1.63 bits per heavy atom. The molecule has 0 N–H and O–H groups in total. The molecular formula is C19H18ClFN2O3S. The van der Waals surface area contributed by atoms with Crippen molar-refractivity contribution < 1.29 is 17.6 Å². The lowest BCUT2D eigenvalue weighted by atomic mass is 10.2. The molecule has 142 valence electrons. The fraction of sp³-hybridized carbons (Fsp3) is 0.211. The normalized spacial score (nSPS) is 16.0. The molecule has 0 radical (unpaired) electrons. The third-order valence-corrected chi connectivity index (χ3v) is 6.48. The minimum absolute atomic E-state index is 0.122. The SMILES string of the molecule is O=C(/C=C/c1ccc(Cl)cc1)N1CCN(S(=O)(=O)c2ccccc2F)CC1. The van der Waals surface area contributed by atoms with E-state index in [2.05, 4.69) is 0 Å². The van der Waals surface area contributed by atoms with E-state index in [0.717, 1.165) is 11.6 Å². The summed E-state index contributed by atoms with van der Waals surface area (Å²) >= 11 is 5.82. The highest BCUT2D eigenvalue weighted by molar-refractivity contribution is 7.89. The van der Waals surface area contributed by atoms with Crippen molar-refractivity contribution in [3.63, 3.8) is 0 Å². The van der Waals surface area contributed by atoms with E-state index in [1.54, 1.807) is 35.2 Å². The fourth-order valence-electron chi connectivity index (χ4n) is 2.79. The number of rotatable bonds is 4. The van der Waals surface area contributed by atoms with E-state index in [9.17, 15) is 17.6 Å². The maximum absolute atomic E-state index is 13.8. The number of piperazine rings is 1. The Balaban J connectivity index is 1.62. The molecule has 1 amide bonds. The molecular weight excluding hydrogens is 391 g/mol. The number of nitrogens with zero attached hydrogens (tertiary/aromatic N) is 2. The van der Waals surface area contributed by atoms with E-state index in [1.807, 2.05) is 0 Å². The lowest BCUT2D eigenvalue weighted by Gasteiger charge is -2.33. The zero-order valence-corrected chi connectivity index (χ0v) is 16.0. The van der Waals surface area contributed by atoms with Crippen LogP contribution in [0.3, 0.4) is 0 Å². The van der Waals surface area contributed by atoms with Crippen molar-refractivity contribution in [1.29, 1.82) is 0 Å². The number of carbonyl (C=O) groups excluding carboxylic acids is 1. The Labute approximate surface area is 162 Å². The van der Waals surface area contributed by atoms with Crippen LogP contribution in [0, 0.1) is 5.82 Å². The third kappa shape index (κ3) is 4.55. The van der Waals surface area contributed by atoms with E-state index in [0.29, 0.717) is 5.02 Å². The summed E-state index contributed by atoms with van der Waals surface area (Å²) in [6.07, 6.45) is 3.13. The largest absolute Gasteiger partial charge is 0.337 e. The molecule has 1 fully saturated rings. The van der Waals surface area contributed by atoms with Gasteiger partial charge in [-0.25, -0.2) is 12.8 Å². The van der Waals surface area contributed by atoms with Crippen LogP contribution in [0.1, 0.15) is 5.56 Å². The molecule has 1 saturated heterocycles. The van der Waals surface area contributed by atoms with Gasteiger partial charge in [-0.05, 0) is 35.9 Å². The molecule has 0 spiro atoms. The quantitative estimate of drug-likeness (QED) is 0.731. The predicted octanol–water partition coefficient (Wildman–Crippen LogP) is 3.03. The molecule has 27 heavy (non-hydrogen) atoms. The van der Waals surface area contributed by atoms with Crippen LogP contribution in [0.15, 0.2) is 59.5 Å². The average Bonchev–Trinajstić information content (AvgIpc) is 2.67. The van der Waals surface area contributed by atoms with Crippen LogP contribution in [-0.4, -0.2) is 49.7 Å². The third-order valence-electron chi connectivity index (χ3n) is 4.29. The maximum atomic E-state index is 13.8. The number of halogens is 2. The van der Waals surface area contributed by atoms with Crippen molar-refractivity contribution in [2.45, 2.75) is 4.90 Å². The first kappa shape index (κ1) is 19.5. The summed E-state index contributed by atoms with van der Waals surface area (Å²) in [6, 6.07) is 12.4. The smallest absolute Gasteiger partial charge is 0.246 e. The Hall–Kier alpha value is -2.22. The van der Waals surface area contributed by atoms with E-state index in [4.69, 9.17) is 11.6 Å². The minimum atomic E-state index is -3.91. The van der Waals surface area contributed by atoms with Crippen LogP contribution in [0.25, 0.3) is 6.08 Å². The van der Waals surface area contributed by atoms with Gasteiger partial charge in [0.25, 0.3) is 0 Å². The summed E-state index contributed by atoms with van der Waals surface area (Å²) in [5.41, 5.74) is 0.841. The molecule has 2 aromatic carbocycles. The number of carbonyl (C=O) groups is 1. The van der Waals surface area contributed by atoms with Crippen molar-refractivity contribution in [2.24, 2.45) is 0 Å². The summed E-state index contributed by atoms with van der Waals surface area (Å²) in [4.78, 5) is 13.5. The van der Waals surface area contributed by atoms with Crippen LogP contribution in [0.4, 0.5) is 4.39 Å². The van der Waals surface area contributed by atoms with Gasteiger partial charge in [0.1, 0.15) is 10.7 Å². The van der Waals surface area contributed by atoms with Crippen molar-refractivity contribution in [2.75, 3.05) is 26.2 Å². The van der Waals surface area contributed by atoms with Gasteiger partial charge in [0.05, 0.1) is 0 Å². The van der Waals surface area contributed by atoms with Crippen molar-refractivity contribution in [3.8, 4) is 0 Å². The molecule has 0 unspecified atom stereocenters. The number of amides is 1. The van der Waals surface area contributed by atoms with Gasteiger partial charge in [-0.15, -0.1) is 0 Å². The molecule has 0 aliphatic carbocycles. The molecule has 1 aliphatic heterocycles. The van der Waals surface area contributed by atoms with Crippen molar-refractivity contribution in [3.05, 3.63) is 71.0 Å². The second-order valence-electron chi connectivity index (χ2n) is 6.04. The zero-order valence-electron chi connectivity index (χ0n) is 14.4. The molecule has 0 atom stereocenters. The molecule has 0 saturated carbocycles. The highest BCUT2D eigenvalue weighted by atomic mass is 35.5. The first-order chi connectivity index (χ1) is 12.9. The molecule has 2 aromatic rings. The van der Waals surface area contributed by atoms with Gasteiger partial charge >= 0.3 is 0 Å². The molecule has 1 aliphatic rings. The maximum Gasteiger partial charge on any atom is 0.246 e. The Morgan fingerprint density at radius 3 is 2.26 bits per heavy atom. The lowest BCUT2D eigenvalue weighted by molar-refractivity contribution is -0.127. The number of hydrogen-bond donors (Lipinski definition) is 0. The Kier molecular flexibility index (Phi) is 5.94. The summed E-state index contributed by atoms with van der Waals surface area (Å²) in [6.45, 7) is 0.739. The number of hydrogen-bond acceptors (Lipinski definition) is 3. The standard InChI is InChI=1S/C19H18ClFN2O3S/c20-16-8-5-15(6-9-16)7-10-19(24)22-11-13-23(14-12-22)27(25,26)18-4-2-1-3-17(18)21/h1-10H,11-14H2/b10-7+. The van der Waals surface area contributed by atoms with E-state index >= 15 is 0 Å². The fourth-order valence-corrected chi connectivity index (χ4v) is 4.40. The second-order valence-corrected chi connectivity index (χ2v) is 8.39. The molecule has 5 nitrogen and oxygen atoms in total. The van der Waals surface area contributed by atoms with Crippen molar-refractivity contribution >= 4 is 33.6 Å². The molecule has 0 bridgehead atoms. The predicted molar refractivity (Wildman–Crippen MR) is 102 cm³/mol. The summed E-state index contributed by atoms with van der Waals surface area (Å²) in [5.74, 6) is -0.977. The lowest BCUT2D eigenvalue weighted by Crippen LogP contribution is -2.50. The van der Waals surface area contributed by atoms with E-state index in [1.165, 1.54) is 28.6 Å². The topological polar surface area (TPSA) is 57.7 Å². The summed E-state index contributed by atoms with van der Waals surface area (Å²) < 4.78 is 40.2. The molecule has 3 rings (SSSR count). The highest BCUT2D eigenvalue weighted by Gasteiger charge is 2.31.